The fraction of sp³-hybridized carbons (Fsp3) is 0.231. The predicted molar refractivity (Wildman–Crippen MR) is 128 cm³/mol. The molecule has 0 aliphatic carbocycles. The number of nitrogens with zero attached hydrogens (tertiary/aromatic N) is 2. The van der Waals surface area contributed by atoms with Crippen LogP contribution in [0.2, 0.25) is 5.02 Å². The summed E-state index contributed by atoms with van der Waals surface area (Å²) in [5, 5.41) is 3.25. The molecule has 1 heterocycles. The van der Waals surface area contributed by atoms with Crippen LogP contribution in [0.1, 0.15) is 22.5 Å². The van der Waals surface area contributed by atoms with E-state index in [9.17, 15) is 9.18 Å². The van der Waals surface area contributed by atoms with Crippen molar-refractivity contribution < 1.29 is 13.9 Å². The first-order chi connectivity index (χ1) is 15.9. The fourth-order valence-corrected chi connectivity index (χ4v) is 3.93. The van der Waals surface area contributed by atoms with Gasteiger partial charge in [-0.15, -0.1) is 0 Å². The molecule has 170 valence electrons. The zero-order chi connectivity index (χ0) is 23.4. The molecule has 0 fully saturated rings. The fourth-order valence-electron chi connectivity index (χ4n) is 3.71. The number of fused-ring (bicyclic) bond motifs is 1. The van der Waals surface area contributed by atoms with Crippen molar-refractivity contribution >= 4 is 28.5 Å². The molecule has 0 saturated heterocycles. The number of carbonyl (C=O) groups excluding carboxylic acids is 1. The second kappa shape index (κ2) is 10.0. The summed E-state index contributed by atoms with van der Waals surface area (Å²) in [7, 11) is 0. The summed E-state index contributed by atoms with van der Waals surface area (Å²) in [6.45, 7) is 4.49. The van der Waals surface area contributed by atoms with Crippen molar-refractivity contribution in [3.05, 3.63) is 94.0 Å². The number of nitrogens with one attached hydrogen (secondary N) is 1. The molecule has 4 rings (SSSR count). The Morgan fingerprint density at radius 2 is 1.94 bits per heavy atom. The number of halogens is 2. The summed E-state index contributed by atoms with van der Waals surface area (Å²) in [5.41, 5.74) is 4.16. The van der Waals surface area contributed by atoms with Gasteiger partial charge in [-0.3, -0.25) is 4.79 Å². The average Bonchev–Trinajstić information content (AvgIpc) is 3.14. The number of benzene rings is 3. The minimum absolute atomic E-state index is 0.0639. The quantitative estimate of drug-likeness (QED) is 0.387. The number of imidazole rings is 1. The van der Waals surface area contributed by atoms with Crippen LogP contribution in [-0.2, 0) is 17.8 Å². The number of para-hydroxylation sites is 2. The van der Waals surface area contributed by atoms with E-state index in [0.29, 0.717) is 29.3 Å². The molecule has 1 N–H and O–H groups in total. The number of hydrogen-bond donors (Lipinski definition) is 1. The number of aryl methyl sites for hydroxylation is 2. The van der Waals surface area contributed by atoms with Crippen LogP contribution >= 0.6 is 11.6 Å². The highest BCUT2D eigenvalue weighted by Crippen LogP contribution is 2.24. The molecular formula is C26H25ClFN3O2. The molecule has 0 aliphatic rings. The van der Waals surface area contributed by atoms with Crippen molar-refractivity contribution in [2.24, 2.45) is 0 Å². The zero-order valence-electron chi connectivity index (χ0n) is 18.6. The highest BCUT2D eigenvalue weighted by molar-refractivity contribution is 6.31. The van der Waals surface area contributed by atoms with Crippen LogP contribution in [0.4, 0.5) is 4.39 Å². The van der Waals surface area contributed by atoms with Crippen molar-refractivity contribution in [1.29, 1.82) is 0 Å². The largest absolute Gasteiger partial charge is 0.483 e. The van der Waals surface area contributed by atoms with E-state index < -0.39 is 0 Å². The first-order valence-electron chi connectivity index (χ1n) is 10.8. The highest BCUT2D eigenvalue weighted by atomic mass is 35.5. The van der Waals surface area contributed by atoms with Gasteiger partial charge in [0.1, 0.15) is 17.4 Å². The molecule has 0 atom stereocenters. The Morgan fingerprint density at radius 1 is 1.12 bits per heavy atom. The van der Waals surface area contributed by atoms with Crippen molar-refractivity contribution in [1.82, 2.24) is 14.9 Å². The topological polar surface area (TPSA) is 56.1 Å². The van der Waals surface area contributed by atoms with Crippen LogP contribution in [0.25, 0.3) is 11.0 Å². The van der Waals surface area contributed by atoms with E-state index in [-0.39, 0.29) is 24.9 Å². The molecule has 3 aromatic carbocycles. The minimum atomic E-state index is -0.358. The molecule has 0 unspecified atom stereocenters. The lowest BCUT2D eigenvalue weighted by atomic mass is 10.1. The molecule has 0 aliphatic heterocycles. The number of aromatic nitrogens is 2. The molecule has 7 heteroatoms. The standard InChI is InChI=1S/C26H25ClFN3O2/c1-17-10-11-18(2)24(14-17)33-16-26(32)29-13-12-25-30-22-8-3-4-9-23(22)31(25)15-19-20(27)6-5-7-21(19)28/h3-11,14H,12-13,15-16H2,1-2H3,(H,29,32). The van der Waals surface area contributed by atoms with Gasteiger partial charge in [0.2, 0.25) is 0 Å². The van der Waals surface area contributed by atoms with E-state index in [4.69, 9.17) is 21.3 Å². The molecule has 33 heavy (non-hydrogen) atoms. The van der Waals surface area contributed by atoms with Gasteiger partial charge < -0.3 is 14.6 Å². The van der Waals surface area contributed by atoms with Crippen molar-refractivity contribution in [2.75, 3.05) is 13.2 Å². The summed E-state index contributed by atoms with van der Waals surface area (Å²) in [6, 6.07) is 18.2. The number of ether oxygens (including phenoxy) is 1. The van der Waals surface area contributed by atoms with E-state index in [0.717, 1.165) is 28.0 Å². The van der Waals surface area contributed by atoms with Crippen molar-refractivity contribution in [3.63, 3.8) is 0 Å². The Morgan fingerprint density at radius 3 is 2.76 bits per heavy atom. The monoisotopic (exact) mass is 465 g/mol. The molecular weight excluding hydrogens is 441 g/mol. The molecule has 0 radical (unpaired) electrons. The lowest BCUT2D eigenvalue weighted by Gasteiger charge is -2.13. The third-order valence-electron chi connectivity index (χ3n) is 5.48. The van der Waals surface area contributed by atoms with Gasteiger partial charge in [0, 0.05) is 23.6 Å². The summed E-state index contributed by atoms with van der Waals surface area (Å²) in [6.07, 6.45) is 0.482. The number of amides is 1. The highest BCUT2D eigenvalue weighted by Gasteiger charge is 2.15. The van der Waals surface area contributed by atoms with Crippen molar-refractivity contribution in [2.45, 2.75) is 26.8 Å². The van der Waals surface area contributed by atoms with Crippen LogP contribution in [0.15, 0.2) is 60.7 Å². The van der Waals surface area contributed by atoms with Crippen LogP contribution < -0.4 is 10.1 Å². The van der Waals surface area contributed by atoms with Gasteiger partial charge >= 0.3 is 0 Å². The third-order valence-corrected chi connectivity index (χ3v) is 5.84. The van der Waals surface area contributed by atoms with Gasteiger partial charge in [0.15, 0.2) is 6.61 Å². The second-order valence-corrected chi connectivity index (χ2v) is 8.37. The van der Waals surface area contributed by atoms with Gasteiger partial charge in [-0.05, 0) is 55.3 Å². The van der Waals surface area contributed by atoms with Gasteiger partial charge in [-0.1, -0.05) is 41.9 Å². The molecule has 0 bridgehead atoms. The summed E-state index contributed by atoms with van der Waals surface area (Å²) < 4.78 is 22.0. The lowest BCUT2D eigenvalue weighted by Crippen LogP contribution is -2.31. The Hall–Kier alpha value is -3.38. The van der Waals surface area contributed by atoms with Crippen LogP contribution in [-0.4, -0.2) is 28.6 Å². The first kappa shape index (κ1) is 22.8. The third kappa shape index (κ3) is 5.34. The summed E-state index contributed by atoms with van der Waals surface area (Å²) >= 11 is 6.26. The summed E-state index contributed by atoms with van der Waals surface area (Å²) in [5.74, 6) is 0.874. The molecule has 0 saturated carbocycles. The van der Waals surface area contributed by atoms with E-state index >= 15 is 0 Å². The van der Waals surface area contributed by atoms with Gasteiger partial charge in [-0.25, -0.2) is 9.37 Å². The molecule has 4 aromatic rings. The number of rotatable bonds is 8. The van der Waals surface area contributed by atoms with Gasteiger partial charge in [0.05, 0.1) is 17.6 Å². The number of carbonyl (C=O) groups is 1. The maximum absolute atomic E-state index is 14.4. The summed E-state index contributed by atoms with van der Waals surface area (Å²) in [4.78, 5) is 17.0. The molecule has 1 amide bonds. The normalized spacial score (nSPS) is 11.0. The minimum Gasteiger partial charge on any atom is -0.483 e. The maximum Gasteiger partial charge on any atom is 0.257 e. The first-order valence-corrected chi connectivity index (χ1v) is 11.1. The number of hydrogen-bond acceptors (Lipinski definition) is 3. The van der Waals surface area contributed by atoms with Crippen LogP contribution in [0.5, 0.6) is 5.75 Å². The Labute approximate surface area is 197 Å². The van der Waals surface area contributed by atoms with E-state index in [1.165, 1.54) is 6.07 Å². The second-order valence-electron chi connectivity index (χ2n) is 7.96. The lowest BCUT2D eigenvalue weighted by molar-refractivity contribution is -0.123. The Bertz CT molecular complexity index is 1280. The van der Waals surface area contributed by atoms with Crippen LogP contribution in [0, 0.1) is 19.7 Å². The smallest absolute Gasteiger partial charge is 0.257 e. The van der Waals surface area contributed by atoms with Gasteiger partial charge in [0.25, 0.3) is 5.91 Å². The Kier molecular flexibility index (Phi) is 6.94. The molecule has 5 nitrogen and oxygen atoms in total. The zero-order valence-corrected chi connectivity index (χ0v) is 19.3. The molecule has 1 aromatic heterocycles. The van der Waals surface area contributed by atoms with E-state index in [2.05, 4.69) is 5.32 Å². The van der Waals surface area contributed by atoms with Crippen molar-refractivity contribution in [3.8, 4) is 5.75 Å². The molecule has 0 spiro atoms. The Balaban J connectivity index is 1.44. The van der Waals surface area contributed by atoms with Crippen LogP contribution in [0.3, 0.4) is 0 Å². The van der Waals surface area contributed by atoms with Gasteiger partial charge in [-0.2, -0.15) is 0 Å². The SMILES string of the molecule is Cc1ccc(C)c(OCC(=O)NCCc2nc3ccccc3n2Cc2c(F)cccc2Cl)c1. The maximum atomic E-state index is 14.4. The van der Waals surface area contributed by atoms with E-state index in [1.54, 1.807) is 12.1 Å². The average molecular weight is 466 g/mol. The predicted octanol–water partition coefficient (Wildman–Crippen LogP) is 5.23. The van der Waals surface area contributed by atoms with E-state index in [1.807, 2.05) is 60.9 Å².